The number of ether oxygens (including phenoxy) is 10. The van der Waals surface area contributed by atoms with Gasteiger partial charge in [0, 0.05) is 13.0 Å². The standard InChI is InChI=1S/C56H62O11/c1-58-55-54(64-38-46-30-18-7-19-31-46)52(62-36-44-26-14-5-15-27-44)51(61-35-43-24-12-4-13-25-43)49(67-55)40-65-56-53(63-37-45-28-16-6-17-29-45)50(60-34-42-22-10-3-11-23-42)47(32-57)48(66-56)39-59-33-41-20-8-2-9-21-41/h2-31,47-57H,32-40H2,1H3/t47-,48-,49-,50+,51-,52+,53-,54-,55+,56?/m1/s1/i33D,34D,37D/t33?,34?,37?,47-,48-,49-,50+,51-,52+,53-,54-,55+,56?. The predicted molar refractivity (Wildman–Crippen MR) is 252 cm³/mol. The molecule has 2 heterocycles. The van der Waals surface area contributed by atoms with Crippen LogP contribution in [0.5, 0.6) is 0 Å². The zero-order chi connectivity index (χ0) is 48.5. The molecular formula is C56H62O11. The summed E-state index contributed by atoms with van der Waals surface area (Å²) >= 11 is 0. The van der Waals surface area contributed by atoms with Crippen LogP contribution in [0.25, 0.3) is 0 Å². The van der Waals surface area contributed by atoms with Crippen LogP contribution in [0.2, 0.25) is 0 Å². The minimum absolute atomic E-state index is 0.151. The van der Waals surface area contributed by atoms with Gasteiger partial charge in [-0.2, -0.15) is 0 Å². The smallest absolute Gasteiger partial charge is 0.186 e. The molecule has 6 aromatic rings. The zero-order valence-corrected chi connectivity index (χ0v) is 37.6. The molecule has 8 rings (SSSR count). The molecule has 13 atom stereocenters. The number of methoxy groups -OCH3 is 1. The van der Waals surface area contributed by atoms with Gasteiger partial charge >= 0.3 is 0 Å². The van der Waals surface area contributed by atoms with E-state index in [9.17, 15) is 7.85 Å². The van der Waals surface area contributed by atoms with Crippen molar-refractivity contribution >= 4 is 0 Å². The molecule has 0 spiro atoms. The molecule has 0 aliphatic carbocycles. The lowest BCUT2D eigenvalue weighted by atomic mass is 9.89. The highest BCUT2D eigenvalue weighted by atomic mass is 16.7. The maximum Gasteiger partial charge on any atom is 0.186 e. The van der Waals surface area contributed by atoms with Gasteiger partial charge in [-0.25, -0.2) is 0 Å². The minimum Gasteiger partial charge on any atom is -0.396 e. The molecule has 67 heavy (non-hydrogen) atoms. The Morgan fingerprint density at radius 1 is 0.403 bits per heavy atom. The number of hydrogen-bond acceptors (Lipinski definition) is 11. The lowest BCUT2D eigenvalue weighted by Crippen LogP contribution is -2.63. The summed E-state index contributed by atoms with van der Waals surface area (Å²) in [6.07, 6.45) is -8.64. The quantitative estimate of drug-likeness (QED) is 0.0629. The second-order valence-electron chi connectivity index (χ2n) is 16.4. The van der Waals surface area contributed by atoms with Crippen LogP contribution >= 0.6 is 0 Å². The maximum atomic E-state index is 11.2. The highest BCUT2D eigenvalue weighted by Crippen LogP contribution is 2.35. The van der Waals surface area contributed by atoms with Crippen LogP contribution in [-0.2, 0) is 86.9 Å². The summed E-state index contributed by atoms with van der Waals surface area (Å²) < 4.78 is 93.4. The summed E-state index contributed by atoms with van der Waals surface area (Å²) in [6, 6.07) is 56.7. The summed E-state index contributed by atoms with van der Waals surface area (Å²) in [6.45, 7) is -3.65. The van der Waals surface area contributed by atoms with Crippen molar-refractivity contribution in [2.75, 3.05) is 26.9 Å². The van der Waals surface area contributed by atoms with Crippen LogP contribution in [0, 0.1) is 5.92 Å². The molecule has 1 N–H and O–H groups in total. The molecule has 0 aromatic heterocycles. The fourth-order valence-corrected chi connectivity index (χ4v) is 8.21. The van der Waals surface area contributed by atoms with Gasteiger partial charge in [-0.1, -0.05) is 182 Å². The Hall–Kier alpha value is -5.12. The van der Waals surface area contributed by atoms with E-state index in [4.69, 9.17) is 48.7 Å². The highest BCUT2D eigenvalue weighted by molar-refractivity contribution is 5.18. The van der Waals surface area contributed by atoms with E-state index in [2.05, 4.69) is 0 Å². The predicted octanol–water partition coefficient (Wildman–Crippen LogP) is 8.85. The lowest BCUT2D eigenvalue weighted by Gasteiger charge is -2.48. The van der Waals surface area contributed by atoms with Gasteiger partial charge < -0.3 is 52.5 Å². The third-order valence-electron chi connectivity index (χ3n) is 11.7. The summed E-state index contributed by atoms with van der Waals surface area (Å²) in [5, 5.41) is 11.2. The molecule has 11 heteroatoms. The molecule has 2 aliphatic heterocycles. The summed E-state index contributed by atoms with van der Waals surface area (Å²) in [5.41, 5.74) is 4.59. The number of aliphatic hydroxyl groups is 1. The Morgan fingerprint density at radius 2 is 0.791 bits per heavy atom. The van der Waals surface area contributed by atoms with Gasteiger partial charge in [0.15, 0.2) is 12.6 Å². The zero-order valence-electron chi connectivity index (χ0n) is 40.6. The van der Waals surface area contributed by atoms with Gasteiger partial charge in [0.2, 0.25) is 0 Å². The van der Waals surface area contributed by atoms with E-state index in [0.717, 1.165) is 16.7 Å². The van der Waals surface area contributed by atoms with Crippen molar-refractivity contribution in [1.29, 1.82) is 0 Å². The first-order chi connectivity index (χ1) is 34.4. The molecule has 4 unspecified atom stereocenters. The average molecular weight is 914 g/mol. The first-order valence-electron chi connectivity index (χ1n) is 24.5. The molecule has 2 fully saturated rings. The van der Waals surface area contributed by atoms with Crippen molar-refractivity contribution in [1.82, 2.24) is 0 Å². The van der Waals surface area contributed by atoms with Crippen LogP contribution in [0.15, 0.2) is 182 Å². The van der Waals surface area contributed by atoms with Crippen molar-refractivity contribution in [2.45, 2.75) is 94.9 Å². The second kappa shape index (κ2) is 25.9. The van der Waals surface area contributed by atoms with Gasteiger partial charge in [0.05, 0.1) is 75.7 Å². The molecule has 2 aliphatic rings. The van der Waals surface area contributed by atoms with Crippen LogP contribution in [-0.4, -0.2) is 87.3 Å². The molecule has 0 saturated carbocycles. The largest absolute Gasteiger partial charge is 0.396 e. The molecule has 0 bridgehead atoms. The molecule has 2 saturated heterocycles. The topological polar surface area (TPSA) is 113 Å². The molecule has 0 radical (unpaired) electrons. The first kappa shape index (κ1) is 44.4. The molecule has 352 valence electrons. The van der Waals surface area contributed by atoms with Gasteiger partial charge in [-0.3, -0.25) is 0 Å². The molecule has 0 amide bonds. The van der Waals surface area contributed by atoms with Crippen molar-refractivity contribution < 1.29 is 56.6 Å². The Labute approximate surface area is 398 Å². The first-order valence-corrected chi connectivity index (χ1v) is 22.7. The van der Waals surface area contributed by atoms with E-state index >= 15 is 0 Å². The average Bonchev–Trinajstić information content (AvgIpc) is 3.42. The Bertz CT molecular complexity index is 2360. The normalized spacial score (nSPS) is 27.2. The van der Waals surface area contributed by atoms with E-state index in [1.165, 1.54) is 0 Å². The lowest BCUT2D eigenvalue weighted by molar-refractivity contribution is -0.345. The number of hydrogen-bond donors (Lipinski definition) is 1. The Morgan fingerprint density at radius 3 is 1.25 bits per heavy atom. The van der Waals surface area contributed by atoms with Crippen molar-refractivity contribution in [2.24, 2.45) is 5.92 Å². The number of benzene rings is 6. The van der Waals surface area contributed by atoms with E-state index < -0.39 is 87.6 Å². The fourth-order valence-electron chi connectivity index (χ4n) is 8.21. The minimum atomic E-state index is -1.29. The van der Waals surface area contributed by atoms with Crippen molar-refractivity contribution in [3.8, 4) is 0 Å². The van der Waals surface area contributed by atoms with Crippen molar-refractivity contribution in [3.63, 3.8) is 0 Å². The molecule has 6 aromatic carbocycles. The number of rotatable bonds is 24. The summed E-state index contributed by atoms with van der Waals surface area (Å²) in [5.74, 6) is -0.851. The third-order valence-corrected chi connectivity index (χ3v) is 11.7. The number of aliphatic hydroxyl groups excluding tert-OH is 1. The van der Waals surface area contributed by atoms with Crippen molar-refractivity contribution in [3.05, 3.63) is 215 Å². The molecular weight excluding hydrogens is 849 g/mol. The van der Waals surface area contributed by atoms with Crippen LogP contribution in [0.1, 0.15) is 37.5 Å². The highest BCUT2D eigenvalue weighted by Gasteiger charge is 2.51. The maximum absolute atomic E-state index is 11.2. The SMILES string of the molecule is [2H]C(OC[C@H]1OC(OC[C@H]2O[C@H](OC)[C@H](OCc3ccccc3)[C@@H](OCc3ccccc3)[C@@H]2OCc2ccccc2)[C@H](OC([2H])c2ccccc2)[C@@H](OC([2H])c2ccccc2)[C@@H]1CO)c1ccccc1. The Balaban J connectivity index is 1.13. The third kappa shape index (κ3) is 14.0. The van der Waals surface area contributed by atoms with E-state index in [-0.39, 0.29) is 33.0 Å². The van der Waals surface area contributed by atoms with Crippen LogP contribution in [0.4, 0.5) is 0 Å². The van der Waals surface area contributed by atoms with E-state index in [1.807, 2.05) is 146 Å². The molecule has 11 nitrogen and oxygen atoms in total. The van der Waals surface area contributed by atoms with Gasteiger partial charge in [-0.15, -0.1) is 0 Å². The van der Waals surface area contributed by atoms with Crippen LogP contribution in [0.3, 0.4) is 0 Å². The van der Waals surface area contributed by atoms with Gasteiger partial charge in [0.25, 0.3) is 0 Å². The van der Waals surface area contributed by atoms with Gasteiger partial charge in [-0.05, 0) is 33.4 Å². The second-order valence-corrected chi connectivity index (χ2v) is 16.4. The van der Waals surface area contributed by atoms with E-state index in [1.54, 1.807) is 43.5 Å². The van der Waals surface area contributed by atoms with Crippen LogP contribution < -0.4 is 0 Å². The monoisotopic (exact) mass is 913 g/mol. The summed E-state index contributed by atoms with van der Waals surface area (Å²) in [7, 11) is 1.55. The summed E-state index contributed by atoms with van der Waals surface area (Å²) in [4.78, 5) is 0. The van der Waals surface area contributed by atoms with Gasteiger partial charge in [0.1, 0.15) is 30.5 Å². The van der Waals surface area contributed by atoms with E-state index in [0.29, 0.717) is 16.7 Å². The Kier molecular flexibility index (Phi) is 17.1. The fraction of sp³-hybridized carbons (Fsp3) is 0.357.